The van der Waals surface area contributed by atoms with Gasteiger partial charge in [-0.1, -0.05) is 36.4 Å². The van der Waals surface area contributed by atoms with Crippen LogP contribution < -0.4 is 5.32 Å². The number of halogens is 3. The molecule has 6 heteroatoms. The summed E-state index contributed by atoms with van der Waals surface area (Å²) in [5.41, 5.74) is -0.102. The molecular weight excluding hydrogens is 335 g/mol. The molecule has 0 spiro atoms. The molecule has 2 aromatic carbocycles. The Balaban J connectivity index is 1.95. The van der Waals surface area contributed by atoms with Crippen molar-refractivity contribution in [1.82, 2.24) is 0 Å². The van der Waals surface area contributed by atoms with Crippen molar-refractivity contribution in [2.75, 3.05) is 5.32 Å². The number of hydrogen-bond donors (Lipinski definition) is 1. The first-order chi connectivity index (χ1) is 11.5. The Bertz CT molecular complexity index is 857. The molecule has 0 atom stereocenters. The number of carbonyl (C=O) groups excluding carboxylic acids is 1. The maximum atomic E-state index is 13.1. The van der Waals surface area contributed by atoms with E-state index in [1.165, 1.54) is 29.5 Å². The van der Waals surface area contributed by atoms with Crippen molar-refractivity contribution in [3.63, 3.8) is 0 Å². The third-order valence-electron chi connectivity index (χ3n) is 3.44. The van der Waals surface area contributed by atoms with Gasteiger partial charge in [0.05, 0.1) is 11.1 Å². The van der Waals surface area contributed by atoms with Crippen LogP contribution in [0.3, 0.4) is 0 Å². The van der Waals surface area contributed by atoms with Crippen molar-refractivity contribution in [3.8, 4) is 10.4 Å². The molecule has 1 aromatic heterocycles. The molecule has 3 aromatic rings. The lowest BCUT2D eigenvalue weighted by molar-refractivity contribution is -0.137. The van der Waals surface area contributed by atoms with Gasteiger partial charge in [0.15, 0.2) is 0 Å². The van der Waals surface area contributed by atoms with Crippen LogP contribution >= 0.6 is 11.3 Å². The van der Waals surface area contributed by atoms with Gasteiger partial charge in [0.2, 0.25) is 0 Å². The molecule has 0 saturated carbocycles. The summed E-state index contributed by atoms with van der Waals surface area (Å²) in [5.74, 6) is -0.785. The second kappa shape index (κ2) is 6.49. The van der Waals surface area contributed by atoms with Crippen molar-refractivity contribution in [3.05, 3.63) is 77.2 Å². The molecule has 2 nitrogen and oxygen atoms in total. The van der Waals surface area contributed by atoms with Crippen LogP contribution in [0.4, 0.5) is 18.9 Å². The van der Waals surface area contributed by atoms with Crippen molar-refractivity contribution in [1.29, 1.82) is 0 Å². The Morgan fingerprint density at radius 1 is 0.917 bits per heavy atom. The van der Waals surface area contributed by atoms with E-state index in [9.17, 15) is 18.0 Å². The second-order valence-corrected chi connectivity index (χ2v) is 5.97. The van der Waals surface area contributed by atoms with E-state index in [1.807, 2.05) is 29.6 Å². The molecule has 24 heavy (non-hydrogen) atoms. The van der Waals surface area contributed by atoms with Crippen LogP contribution in [0, 0.1) is 0 Å². The predicted molar refractivity (Wildman–Crippen MR) is 89.2 cm³/mol. The lowest BCUT2D eigenvalue weighted by Gasteiger charge is -2.14. The second-order valence-electron chi connectivity index (χ2n) is 5.02. The fraction of sp³-hybridized carbons (Fsp3) is 0.0556. The quantitative estimate of drug-likeness (QED) is 0.648. The summed E-state index contributed by atoms with van der Waals surface area (Å²) in [5, 5.41) is 4.49. The molecule has 1 amide bonds. The lowest BCUT2D eigenvalue weighted by Crippen LogP contribution is -2.18. The van der Waals surface area contributed by atoms with Crippen LogP contribution in [0.2, 0.25) is 0 Å². The van der Waals surface area contributed by atoms with Gasteiger partial charge in [-0.2, -0.15) is 13.2 Å². The average Bonchev–Trinajstić information content (AvgIpc) is 3.09. The minimum atomic E-state index is -4.58. The van der Waals surface area contributed by atoms with Gasteiger partial charge in [-0.25, -0.2) is 0 Å². The van der Waals surface area contributed by atoms with Gasteiger partial charge in [0.25, 0.3) is 5.91 Å². The van der Waals surface area contributed by atoms with E-state index in [2.05, 4.69) is 5.32 Å². The Kier molecular flexibility index (Phi) is 4.40. The molecule has 122 valence electrons. The summed E-state index contributed by atoms with van der Waals surface area (Å²) in [6, 6.07) is 15.5. The number of carbonyl (C=O) groups is 1. The Morgan fingerprint density at radius 3 is 2.33 bits per heavy atom. The summed E-state index contributed by atoms with van der Waals surface area (Å²) in [7, 11) is 0. The first-order valence-corrected chi connectivity index (χ1v) is 7.95. The van der Waals surface area contributed by atoms with Gasteiger partial charge in [-0.15, -0.1) is 11.3 Å². The SMILES string of the molecule is O=C(Nc1ccccc1-c1cccs1)c1ccccc1C(F)(F)F. The zero-order valence-corrected chi connectivity index (χ0v) is 13.1. The number of para-hydroxylation sites is 1. The summed E-state index contributed by atoms with van der Waals surface area (Å²) < 4.78 is 39.2. The monoisotopic (exact) mass is 347 g/mol. The van der Waals surface area contributed by atoms with Crippen LogP contribution in [0.5, 0.6) is 0 Å². The molecule has 3 rings (SSSR count). The van der Waals surface area contributed by atoms with E-state index in [4.69, 9.17) is 0 Å². The largest absolute Gasteiger partial charge is 0.417 e. The fourth-order valence-electron chi connectivity index (χ4n) is 2.36. The highest BCUT2D eigenvalue weighted by molar-refractivity contribution is 7.13. The summed E-state index contributed by atoms with van der Waals surface area (Å²) >= 11 is 1.49. The normalized spacial score (nSPS) is 11.3. The summed E-state index contributed by atoms with van der Waals surface area (Å²) in [6.45, 7) is 0. The molecule has 0 saturated heterocycles. The van der Waals surface area contributed by atoms with Crippen LogP contribution in [0.25, 0.3) is 10.4 Å². The molecule has 0 fully saturated rings. The van der Waals surface area contributed by atoms with Crippen molar-refractivity contribution in [2.24, 2.45) is 0 Å². The Hall–Kier alpha value is -2.60. The average molecular weight is 347 g/mol. The maximum absolute atomic E-state index is 13.1. The van der Waals surface area contributed by atoms with Gasteiger partial charge in [-0.05, 0) is 29.6 Å². The summed E-state index contributed by atoms with van der Waals surface area (Å²) in [6.07, 6.45) is -4.58. The molecule has 1 heterocycles. The van der Waals surface area contributed by atoms with Crippen molar-refractivity contribution < 1.29 is 18.0 Å². The van der Waals surface area contributed by atoms with E-state index >= 15 is 0 Å². The molecule has 0 unspecified atom stereocenters. The van der Waals surface area contributed by atoms with Crippen LogP contribution in [0.1, 0.15) is 15.9 Å². The molecule has 0 bridgehead atoms. The summed E-state index contributed by atoms with van der Waals surface area (Å²) in [4.78, 5) is 13.3. The number of alkyl halides is 3. The molecule has 0 aliphatic heterocycles. The standard InChI is InChI=1S/C18H12F3NOS/c19-18(20,21)14-8-3-1-6-12(14)17(23)22-15-9-4-2-7-13(15)16-10-5-11-24-16/h1-11H,(H,22,23). The number of amides is 1. The zero-order valence-electron chi connectivity index (χ0n) is 12.3. The van der Waals surface area contributed by atoms with Gasteiger partial charge >= 0.3 is 6.18 Å². The molecular formula is C18H12F3NOS. The minimum Gasteiger partial charge on any atom is -0.321 e. The van der Waals surface area contributed by atoms with E-state index in [1.54, 1.807) is 12.1 Å². The van der Waals surface area contributed by atoms with E-state index in [0.717, 1.165) is 16.5 Å². The van der Waals surface area contributed by atoms with Gasteiger partial charge in [0.1, 0.15) is 0 Å². The minimum absolute atomic E-state index is 0.397. The highest BCUT2D eigenvalue weighted by atomic mass is 32.1. The first kappa shape index (κ1) is 16.3. The molecule has 0 aliphatic rings. The van der Waals surface area contributed by atoms with E-state index in [-0.39, 0.29) is 0 Å². The predicted octanol–water partition coefficient (Wildman–Crippen LogP) is 5.69. The highest BCUT2D eigenvalue weighted by Crippen LogP contribution is 2.34. The number of anilines is 1. The molecule has 1 N–H and O–H groups in total. The zero-order chi connectivity index (χ0) is 17.2. The van der Waals surface area contributed by atoms with Gasteiger partial charge in [0, 0.05) is 16.1 Å². The Labute approximate surface area is 140 Å². The van der Waals surface area contributed by atoms with Gasteiger partial charge in [-0.3, -0.25) is 4.79 Å². The topological polar surface area (TPSA) is 29.1 Å². The third kappa shape index (κ3) is 3.33. The highest BCUT2D eigenvalue weighted by Gasteiger charge is 2.34. The van der Waals surface area contributed by atoms with Crippen LogP contribution in [-0.4, -0.2) is 5.91 Å². The fourth-order valence-corrected chi connectivity index (χ4v) is 3.12. The number of thiophene rings is 1. The molecule has 0 aliphatic carbocycles. The van der Waals surface area contributed by atoms with E-state index < -0.39 is 23.2 Å². The van der Waals surface area contributed by atoms with Crippen LogP contribution in [-0.2, 0) is 6.18 Å². The van der Waals surface area contributed by atoms with E-state index in [0.29, 0.717) is 5.69 Å². The Morgan fingerprint density at radius 2 is 1.62 bits per heavy atom. The number of nitrogens with one attached hydrogen (secondary N) is 1. The number of rotatable bonds is 3. The van der Waals surface area contributed by atoms with Crippen molar-refractivity contribution in [2.45, 2.75) is 6.18 Å². The third-order valence-corrected chi connectivity index (χ3v) is 4.34. The smallest absolute Gasteiger partial charge is 0.321 e. The number of benzene rings is 2. The number of hydrogen-bond acceptors (Lipinski definition) is 2. The first-order valence-electron chi connectivity index (χ1n) is 7.07. The van der Waals surface area contributed by atoms with Crippen LogP contribution in [0.15, 0.2) is 66.0 Å². The van der Waals surface area contributed by atoms with Crippen molar-refractivity contribution >= 4 is 22.9 Å². The lowest BCUT2D eigenvalue weighted by atomic mass is 10.1. The van der Waals surface area contributed by atoms with Gasteiger partial charge < -0.3 is 5.32 Å². The maximum Gasteiger partial charge on any atom is 0.417 e. The molecule has 0 radical (unpaired) electrons.